The van der Waals surface area contributed by atoms with Gasteiger partial charge in [0.2, 0.25) is 0 Å². The van der Waals surface area contributed by atoms with Crippen LogP contribution in [0.15, 0.2) is 47.3 Å². The van der Waals surface area contributed by atoms with Crippen molar-refractivity contribution >= 4 is 5.91 Å². The third-order valence-corrected chi connectivity index (χ3v) is 4.10. The molecule has 1 aromatic carbocycles. The number of hydrogen-bond donors (Lipinski definition) is 0. The number of hydrogen-bond acceptors (Lipinski definition) is 5. The topological polar surface area (TPSA) is 69.7 Å². The quantitative estimate of drug-likeness (QED) is 0.841. The largest absolute Gasteiger partial charge is 0.491 e. The number of carbonyl (C=O) groups is 1. The fraction of sp³-hybridized carbons (Fsp3) is 0.333. The van der Waals surface area contributed by atoms with Crippen molar-refractivity contribution in [3.63, 3.8) is 0 Å². The van der Waals surface area contributed by atoms with E-state index in [2.05, 4.69) is 11.0 Å². The molecule has 0 saturated carbocycles. The van der Waals surface area contributed by atoms with Gasteiger partial charge < -0.3 is 14.1 Å². The van der Waals surface area contributed by atoms with Crippen LogP contribution in [0.2, 0.25) is 0 Å². The third-order valence-electron chi connectivity index (χ3n) is 4.10. The Bertz CT molecular complexity index is 713. The molecule has 24 heavy (non-hydrogen) atoms. The Balaban J connectivity index is 1.43. The number of piperazine rings is 1. The zero-order chi connectivity index (χ0) is 16.8. The van der Waals surface area contributed by atoms with Crippen molar-refractivity contribution < 1.29 is 13.9 Å². The molecule has 0 radical (unpaired) electrons. The summed E-state index contributed by atoms with van der Waals surface area (Å²) in [5.74, 6) is 0.636. The van der Waals surface area contributed by atoms with Crippen LogP contribution in [0, 0.1) is 11.3 Å². The number of rotatable bonds is 5. The van der Waals surface area contributed by atoms with Gasteiger partial charge in [0.1, 0.15) is 24.7 Å². The molecule has 1 aromatic heterocycles. The van der Waals surface area contributed by atoms with E-state index < -0.39 is 0 Å². The number of para-hydroxylation sites is 1. The number of nitriles is 1. The maximum Gasteiger partial charge on any atom is 0.257 e. The Kier molecular flexibility index (Phi) is 5.14. The van der Waals surface area contributed by atoms with E-state index in [1.165, 1.54) is 12.5 Å². The van der Waals surface area contributed by atoms with E-state index in [-0.39, 0.29) is 5.91 Å². The predicted octanol–water partition coefficient (Wildman–Crippen LogP) is 1.99. The molecule has 1 aliphatic rings. The highest BCUT2D eigenvalue weighted by molar-refractivity contribution is 5.93. The van der Waals surface area contributed by atoms with E-state index in [9.17, 15) is 4.79 Å². The second-order valence-corrected chi connectivity index (χ2v) is 5.60. The SMILES string of the molecule is N#Cc1ccccc1OCCN1CCN(C(=O)c2ccoc2)CC1. The van der Waals surface area contributed by atoms with Gasteiger partial charge in [-0.25, -0.2) is 0 Å². The summed E-state index contributed by atoms with van der Waals surface area (Å²) >= 11 is 0. The van der Waals surface area contributed by atoms with Crippen molar-refractivity contribution in [2.75, 3.05) is 39.3 Å². The normalized spacial score (nSPS) is 15.0. The molecule has 0 bridgehead atoms. The Labute approximate surface area is 140 Å². The van der Waals surface area contributed by atoms with Gasteiger partial charge in [0, 0.05) is 32.7 Å². The Morgan fingerprint density at radius 1 is 1.21 bits per heavy atom. The highest BCUT2D eigenvalue weighted by Gasteiger charge is 2.22. The molecule has 3 rings (SSSR count). The molecule has 1 aliphatic heterocycles. The monoisotopic (exact) mass is 325 g/mol. The lowest BCUT2D eigenvalue weighted by Crippen LogP contribution is -2.49. The number of benzene rings is 1. The van der Waals surface area contributed by atoms with Gasteiger partial charge in [0.15, 0.2) is 0 Å². The van der Waals surface area contributed by atoms with Gasteiger partial charge in [0.25, 0.3) is 5.91 Å². The van der Waals surface area contributed by atoms with E-state index in [0.29, 0.717) is 36.6 Å². The van der Waals surface area contributed by atoms with Gasteiger partial charge in [0.05, 0.1) is 17.4 Å². The summed E-state index contributed by atoms with van der Waals surface area (Å²) in [4.78, 5) is 16.3. The summed E-state index contributed by atoms with van der Waals surface area (Å²) in [5.41, 5.74) is 1.15. The fourth-order valence-electron chi connectivity index (χ4n) is 2.71. The zero-order valence-corrected chi connectivity index (χ0v) is 13.4. The summed E-state index contributed by atoms with van der Waals surface area (Å²) in [6, 6.07) is 11.0. The van der Waals surface area contributed by atoms with Gasteiger partial charge in [-0.2, -0.15) is 5.26 Å². The standard InChI is InChI=1S/C18H19N3O3/c19-13-15-3-1-2-4-17(15)24-12-10-20-6-8-21(9-7-20)18(22)16-5-11-23-14-16/h1-5,11,14H,6-10,12H2. The molecule has 0 atom stereocenters. The molecule has 2 heterocycles. The number of nitrogens with zero attached hydrogens (tertiary/aromatic N) is 3. The molecule has 1 fully saturated rings. The zero-order valence-electron chi connectivity index (χ0n) is 13.4. The number of amides is 1. The molecule has 0 spiro atoms. The second kappa shape index (κ2) is 7.66. The molecule has 2 aromatic rings. The molecule has 1 saturated heterocycles. The number of ether oxygens (including phenoxy) is 1. The van der Waals surface area contributed by atoms with Gasteiger partial charge in [-0.05, 0) is 18.2 Å². The first-order chi connectivity index (χ1) is 11.8. The van der Waals surface area contributed by atoms with Crippen molar-refractivity contribution in [2.45, 2.75) is 0 Å². The highest BCUT2D eigenvalue weighted by Crippen LogP contribution is 2.16. The molecule has 0 aliphatic carbocycles. The van der Waals surface area contributed by atoms with Gasteiger partial charge in [-0.15, -0.1) is 0 Å². The lowest BCUT2D eigenvalue weighted by molar-refractivity contribution is 0.0619. The molecule has 6 heteroatoms. The smallest absolute Gasteiger partial charge is 0.257 e. The first-order valence-corrected chi connectivity index (χ1v) is 7.93. The predicted molar refractivity (Wildman–Crippen MR) is 87.7 cm³/mol. The van der Waals surface area contributed by atoms with Crippen LogP contribution in [0.25, 0.3) is 0 Å². The number of furan rings is 1. The van der Waals surface area contributed by atoms with Gasteiger partial charge in [-0.3, -0.25) is 9.69 Å². The van der Waals surface area contributed by atoms with Crippen LogP contribution in [-0.4, -0.2) is 55.0 Å². The second-order valence-electron chi connectivity index (χ2n) is 5.60. The summed E-state index contributed by atoms with van der Waals surface area (Å²) in [6.07, 6.45) is 3.00. The van der Waals surface area contributed by atoms with Crippen molar-refractivity contribution in [2.24, 2.45) is 0 Å². The summed E-state index contributed by atoms with van der Waals surface area (Å²) in [6.45, 7) is 4.30. The lowest BCUT2D eigenvalue weighted by Gasteiger charge is -2.34. The third kappa shape index (κ3) is 3.76. The van der Waals surface area contributed by atoms with Crippen LogP contribution in [0.3, 0.4) is 0 Å². The van der Waals surface area contributed by atoms with Crippen molar-refractivity contribution in [1.29, 1.82) is 5.26 Å². The molecule has 1 amide bonds. The van der Waals surface area contributed by atoms with E-state index >= 15 is 0 Å². The van der Waals surface area contributed by atoms with Crippen LogP contribution in [0.5, 0.6) is 5.75 Å². The summed E-state index contributed by atoms with van der Waals surface area (Å²) in [5, 5.41) is 9.04. The van der Waals surface area contributed by atoms with Crippen LogP contribution in [0.4, 0.5) is 0 Å². The molecular formula is C18H19N3O3. The average molecular weight is 325 g/mol. The first kappa shape index (κ1) is 16.1. The average Bonchev–Trinajstić information content (AvgIpc) is 3.17. The maximum absolute atomic E-state index is 12.2. The van der Waals surface area contributed by atoms with Crippen LogP contribution < -0.4 is 4.74 Å². The lowest BCUT2D eigenvalue weighted by atomic mass is 10.2. The maximum atomic E-state index is 12.2. The molecule has 6 nitrogen and oxygen atoms in total. The molecule has 0 unspecified atom stereocenters. The fourth-order valence-corrected chi connectivity index (χ4v) is 2.71. The first-order valence-electron chi connectivity index (χ1n) is 7.93. The Hall–Kier alpha value is -2.78. The van der Waals surface area contributed by atoms with Crippen molar-refractivity contribution in [3.8, 4) is 11.8 Å². The van der Waals surface area contributed by atoms with Crippen LogP contribution in [0.1, 0.15) is 15.9 Å². The van der Waals surface area contributed by atoms with E-state index in [1.807, 2.05) is 17.0 Å². The van der Waals surface area contributed by atoms with E-state index in [4.69, 9.17) is 14.4 Å². The van der Waals surface area contributed by atoms with Crippen molar-refractivity contribution in [3.05, 3.63) is 54.0 Å². The minimum Gasteiger partial charge on any atom is -0.491 e. The van der Waals surface area contributed by atoms with Crippen molar-refractivity contribution in [1.82, 2.24) is 9.80 Å². The molecule has 0 N–H and O–H groups in total. The van der Waals surface area contributed by atoms with Gasteiger partial charge >= 0.3 is 0 Å². The highest BCUT2D eigenvalue weighted by atomic mass is 16.5. The number of carbonyl (C=O) groups excluding carboxylic acids is 1. The Morgan fingerprint density at radius 2 is 2.00 bits per heavy atom. The van der Waals surface area contributed by atoms with E-state index in [0.717, 1.165) is 19.6 Å². The van der Waals surface area contributed by atoms with Gasteiger partial charge in [-0.1, -0.05) is 12.1 Å². The minimum absolute atomic E-state index is 0.0163. The van der Waals surface area contributed by atoms with E-state index in [1.54, 1.807) is 18.2 Å². The summed E-state index contributed by atoms with van der Waals surface area (Å²) in [7, 11) is 0. The Morgan fingerprint density at radius 3 is 2.71 bits per heavy atom. The minimum atomic E-state index is 0.0163. The summed E-state index contributed by atoms with van der Waals surface area (Å²) < 4.78 is 10.7. The molecule has 124 valence electrons. The molecular weight excluding hydrogens is 306 g/mol. The van der Waals surface area contributed by atoms with Crippen LogP contribution in [-0.2, 0) is 0 Å². The van der Waals surface area contributed by atoms with Crippen LogP contribution >= 0.6 is 0 Å².